The molecule has 1 aromatic carbocycles. The summed E-state index contributed by atoms with van der Waals surface area (Å²) in [4.78, 5) is 34.8. The number of amides is 1. The minimum absolute atomic E-state index is 0.142. The average molecular weight is 336 g/mol. The van der Waals surface area contributed by atoms with Crippen molar-refractivity contribution in [1.82, 2.24) is 0 Å². The topological polar surface area (TPSA) is 108 Å². The first kappa shape index (κ1) is 19.5. The van der Waals surface area contributed by atoms with Gasteiger partial charge in [-0.15, -0.1) is 0 Å². The lowest BCUT2D eigenvalue weighted by Gasteiger charge is -2.13. The number of rotatable bonds is 9. The number of carbonyl (C=O) groups excluding carboxylic acids is 3. The predicted octanol–water partition coefficient (Wildman–Crippen LogP) is 2.12. The van der Waals surface area contributed by atoms with Crippen molar-refractivity contribution in [3.63, 3.8) is 0 Å². The molecule has 0 saturated heterocycles. The summed E-state index contributed by atoms with van der Waals surface area (Å²) in [6.45, 7) is 0. The molecule has 0 aromatic heterocycles. The first-order valence-corrected chi connectivity index (χ1v) is 7.76. The maximum Gasteiger partial charge on any atom is 0.308 e. The summed E-state index contributed by atoms with van der Waals surface area (Å²) >= 11 is 0. The van der Waals surface area contributed by atoms with Crippen molar-refractivity contribution < 1.29 is 23.9 Å². The van der Waals surface area contributed by atoms with Crippen LogP contribution in [0.25, 0.3) is 0 Å². The number of hydrogen-bond donors (Lipinski definition) is 2. The Morgan fingerprint density at radius 3 is 2.29 bits per heavy atom. The quantitative estimate of drug-likeness (QED) is 0.528. The van der Waals surface area contributed by atoms with E-state index in [1.807, 2.05) is 0 Å². The molecule has 7 heteroatoms. The summed E-state index contributed by atoms with van der Waals surface area (Å²) in [6, 6.07) is 6.85. The summed E-state index contributed by atoms with van der Waals surface area (Å²) in [5, 5.41) is 2.76. The van der Waals surface area contributed by atoms with Gasteiger partial charge in [0.25, 0.3) is 0 Å². The van der Waals surface area contributed by atoms with Crippen LogP contribution in [0.1, 0.15) is 32.1 Å². The molecule has 1 unspecified atom stereocenters. The minimum atomic E-state index is -0.418. The fourth-order valence-corrected chi connectivity index (χ4v) is 2.24. The molecular formula is C17H24N2O5. The maximum absolute atomic E-state index is 11.9. The van der Waals surface area contributed by atoms with E-state index >= 15 is 0 Å². The van der Waals surface area contributed by atoms with Gasteiger partial charge < -0.3 is 20.5 Å². The molecule has 1 atom stereocenters. The highest BCUT2D eigenvalue weighted by atomic mass is 16.5. The number of anilines is 2. The normalized spacial score (nSPS) is 11.4. The Balaban J connectivity index is 2.39. The van der Waals surface area contributed by atoms with Crippen molar-refractivity contribution in [2.75, 3.05) is 25.3 Å². The van der Waals surface area contributed by atoms with E-state index in [0.29, 0.717) is 30.6 Å². The molecule has 0 saturated carbocycles. The molecule has 132 valence electrons. The van der Waals surface area contributed by atoms with Crippen molar-refractivity contribution in [3.8, 4) is 0 Å². The maximum atomic E-state index is 11.9. The lowest BCUT2D eigenvalue weighted by Crippen LogP contribution is -2.19. The van der Waals surface area contributed by atoms with Crippen LogP contribution in [0, 0.1) is 5.92 Å². The molecule has 0 aliphatic heterocycles. The van der Waals surface area contributed by atoms with Gasteiger partial charge in [-0.3, -0.25) is 14.4 Å². The molecule has 0 heterocycles. The lowest BCUT2D eigenvalue weighted by atomic mass is 9.96. The van der Waals surface area contributed by atoms with Crippen LogP contribution in [0.15, 0.2) is 24.3 Å². The van der Waals surface area contributed by atoms with Crippen molar-refractivity contribution in [1.29, 1.82) is 0 Å². The summed E-state index contributed by atoms with van der Waals surface area (Å²) in [6.07, 6.45) is 1.75. The molecule has 0 radical (unpaired) electrons. The molecular weight excluding hydrogens is 312 g/mol. The number of methoxy groups -OCH3 is 2. The number of nitrogens with one attached hydrogen (secondary N) is 1. The molecule has 0 spiro atoms. The molecule has 1 rings (SSSR count). The second-order valence-electron chi connectivity index (χ2n) is 5.40. The van der Waals surface area contributed by atoms with E-state index in [0.717, 1.165) is 0 Å². The number of esters is 2. The van der Waals surface area contributed by atoms with Gasteiger partial charge in [-0.2, -0.15) is 0 Å². The number of hydrogen-bond acceptors (Lipinski definition) is 6. The zero-order valence-electron chi connectivity index (χ0n) is 14.0. The van der Waals surface area contributed by atoms with Gasteiger partial charge >= 0.3 is 11.9 Å². The van der Waals surface area contributed by atoms with Crippen LogP contribution < -0.4 is 11.1 Å². The van der Waals surface area contributed by atoms with Crippen LogP contribution in [0.2, 0.25) is 0 Å². The summed E-state index contributed by atoms with van der Waals surface area (Å²) in [5.74, 6) is -1.31. The van der Waals surface area contributed by atoms with Gasteiger partial charge in [-0.25, -0.2) is 0 Å². The Morgan fingerprint density at radius 2 is 1.71 bits per heavy atom. The molecule has 0 aliphatic carbocycles. The van der Waals surface area contributed by atoms with Gasteiger partial charge in [0.05, 0.1) is 20.1 Å². The first-order valence-electron chi connectivity index (χ1n) is 7.76. The molecule has 1 amide bonds. The lowest BCUT2D eigenvalue weighted by molar-refractivity contribution is -0.147. The monoisotopic (exact) mass is 336 g/mol. The Hall–Kier alpha value is -2.57. The van der Waals surface area contributed by atoms with Gasteiger partial charge in [0.2, 0.25) is 5.91 Å². The third-order valence-electron chi connectivity index (χ3n) is 3.61. The van der Waals surface area contributed by atoms with E-state index in [1.54, 1.807) is 24.3 Å². The number of nitrogens with two attached hydrogens (primary N) is 1. The van der Waals surface area contributed by atoms with Crippen molar-refractivity contribution in [2.24, 2.45) is 5.92 Å². The first-order chi connectivity index (χ1) is 11.5. The highest BCUT2D eigenvalue weighted by Gasteiger charge is 2.20. The fourth-order valence-electron chi connectivity index (χ4n) is 2.24. The number of nitrogen functional groups attached to an aromatic ring is 1. The Bertz CT molecular complexity index is 557. The second-order valence-corrected chi connectivity index (χ2v) is 5.40. The number of ether oxygens (including phenoxy) is 2. The number of benzene rings is 1. The Kier molecular flexibility index (Phi) is 8.32. The minimum Gasteiger partial charge on any atom is -0.469 e. The van der Waals surface area contributed by atoms with E-state index in [4.69, 9.17) is 10.5 Å². The molecule has 3 N–H and O–H groups in total. The third-order valence-corrected chi connectivity index (χ3v) is 3.61. The van der Waals surface area contributed by atoms with E-state index < -0.39 is 5.92 Å². The van der Waals surface area contributed by atoms with Crippen LogP contribution in [0.3, 0.4) is 0 Å². The molecule has 0 bridgehead atoms. The van der Waals surface area contributed by atoms with Gasteiger partial charge in [0.15, 0.2) is 0 Å². The third kappa shape index (κ3) is 7.13. The summed E-state index contributed by atoms with van der Waals surface area (Å²) in [5.41, 5.74) is 6.88. The molecule has 1 aromatic rings. The zero-order chi connectivity index (χ0) is 17.9. The van der Waals surface area contributed by atoms with Gasteiger partial charge in [0.1, 0.15) is 0 Å². The average Bonchev–Trinajstić information content (AvgIpc) is 2.58. The van der Waals surface area contributed by atoms with Crippen LogP contribution >= 0.6 is 0 Å². The van der Waals surface area contributed by atoms with Crippen LogP contribution in [-0.4, -0.2) is 32.1 Å². The zero-order valence-corrected chi connectivity index (χ0v) is 14.0. The predicted molar refractivity (Wildman–Crippen MR) is 90.1 cm³/mol. The second kappa shape index (κ2) is 10.3. The van der Waals surface area contributed by atoms with Crippen LogP contribution in [0.4, 0.5) is 11.4 Å². The van der Waals surface area contributed by atoms with Crippen molar-refractivity contribution in [2.45, 2.75) is 32.1 Å². The largest absolute Gasteiger partial charge is 0.469 e. The number of carbonyl (C=O) groups is 3. The van der Waals surface area contributed by atoms with E-state index in [2.05, 4.69) is 10.1 Å². The van der Waals surface area contributed by atoms with Crippen molar-refractivity contribution in [3.05, 3.63) is 24.3 Å². The molecule has 24 heavy (non-hydrogen) atoms. The molecule has 0 fully saturated rings. The van der Waals surface area contributed by atoms with Gasteiger partial charge in [-0.05, 0) is 43.5 Å². The SMILES string of the molecule is COC(=O)CCC(CCCC(=O)Nc1ccc(N)cc1)C(=O)OC. The van der Waals surface area contributed by atoms with Crippen LogP contribution in [-0.2, 0) is 23.9 Å². The summed E-state index contributed by atoms with van der Waals surface area (Å²) in [7, 11) is 2.61. The highest BCUT2D eigenvalue weighted by molar-refractivity contribution is 5.90. The standard InChI is InChI=1S/C17H24N2O5/c1-23-16(21)11-6-12(17(22)24-2)4-3-5-15(20)19-14-9-7-13(18)8-10-14/h7-10,12H,3-6,11,18H2,1-2H3,(H,19,20). The summed E-state index contributed by atoms with van der Waals surface area (Å²) < 4.78 is 9.31. The molecule has 7 nitrogen and oxygen atoms in total. The van der Waals surface area contributed by atoms with E-state index in [-0.39, 0.29) is 30.7 Å². The van der Waals surface area contributed by atoms with Crippen LogP contribution in [0.5, 0.6) is 0 Å². The van der Waals surface area contributed by atoms with Gasteiger partial charge in [0, 0.05) is 24.2 Å². The Labute approximate surface area is 141 Å². The fraction of sp³-hybridized carbons (Fsp3) is 0.471. The van der Waals surface area contributed by atoms with Crippen molar-refractivity contribution >= 4 is 29.2 Å². The van der Waals surface area contributed by atoms with Gasteiger partial charge in [-0.1, -0.05) is 0 Å². The van der Waals surface area contributed by atoms with E-state index in [9.17, 15) is 14.4 Å². The smallest absolute Gasteiger partial charge is 0.308 e. The highest BCUT2D eigenvalue weighted by Crippen LogP contribution is 2.18. The molecule has 0 aliphatic rings. The van der Waals surface area contributed by atoms with E-state index in [1.165, 1.54) is 14.2 Å². The Morgan fingerprint density at radius 1 is 1.04 bits per heavy atom.